The van der Waals surface area contributed by atoms with Crippen molar-refractivity contribution in [1.82, 2.24) is 9.80 Å². The lowest BCUT2D eigenvalue weighted by Crippen LogP contribution is -2.46. The lowest BCUT2D eigenvalue weighted by Gasteiger charge is -2.29. The number of carbonyl (C=O) groups is 2. The number of para-hydroxylation sites is 1. The fraction of sp³-hybridized carbons (Fsp3) is 0.379. The maximum atomic E-state index is 13.6. The Balaban J connectivity index is 1.75. The van der Waals surface area contributed by atoms with Gasteiger partial charge in [0.05, 0.1) is 20.8 Å². The van der Waals surface area contributed by atoms with Gasteiger partial charge in [0.2, 0.25) is 5.91 Å². The van der Waals surface area contributed by atoms with Gasteiger partial charge in [-0.1, -0.05) is 44.2 Å². The van der Waals surface area contributed by atoms with E-state index < -0.39 is 0 Å². The zero-order valence-corrected chi connectivity index (χ0v) is 23.1. The number of ether oxygens (including phenoxy) is 2. The molecular weight excluding hydrogens is 486 g/mol. The molecule has 3 amide bonds. The number of amides is 3. The smallest absolute Gasteiger partial charge is 0.322 e. The van der Waals surface area contributed by atoms with Crippen molar-refractivity contribution >= 4 is 29.0 Å². The molecule has 0 saturated heterocycles. The van der Waals surface area contributed by atoms with Gasteiger partial charge in [0.1, 0.15) is 6.54 Å². The van der Waals surface area contributed by atoms with Crippen LogP contribution in [0.5, 0.6) is 11.5 Å². The minimum atomic E-state index is -0.271. The maximum Gasteiger partial charge on any atom is 0.322 e. The Morgan fingerprint density at radius 1 is 0.973 bits per heavy atom. The molecule has 7 nitrogen and oxygen atoms in total. The van der Waals surface area contributed by atoms with Gasteiger partial charge in [-0.3, -0.25) is 4.79 Å². The fourth-order valence-electron chi connectivity index (χ4n) is 4.01. The zero-order valence-electron chi connectivity index (χ0n) is 22.3. The van der Waals surface area contributed by atoms with Crippen LogP contribution in [-0.4, -0.2) is 55.6 Å². The second-order valence-corrected chi connectivity index (χ2v) is 10.4. The number of carbonyl (C=O) groups excluding carboxylic acids is 2. The van der Waals surface area contributed by atoms with Gasteiger partial charge in [-0.15, -0.1) is 11.3 Å². The van der Waals surface area contributed by atoms with Gasteiger partial charge in [-0.05, 0) is 60.0 Å². The van der Waals surface area contributed by atoms with Gasteiger partial charge in [-0.2, -0.15) is 0 Å². The third kappa shape index (κ3) is 8.25. The van der Waals surface area contributed by atoms with E-state index in [1.165, 1.54) is 0 Å². The Labute approximate surface area is 224 Å². The highest BCUT2D eigenvalue weighted by Crippen LogP contribution is 2.28. The highest BCUT2D eigenvalue weighted by molar-refractivity contribution is 7.09. The van der Waals surface area contributed by atoms with Crippen molar-refractivity contribution in [3.05, 3.63) is 76.0 Å². The monoisotopic (exact) mass is 523 g/mol. The van der Waals surface area contributed by atoms with Crippen LogP contribution in [0.1, 0.15) is 29.9 Å². The summed E-state index contributed by atoms with van der Waals surface area (Å²) in [5.41, 5.74) is 2.76. The molecule has 2 aromatic carbocycles. The number of nitrogens with one attached hydrogen (secondary N) is 1. The Morgan fingerprint density at radius 3 is 2.38 bits per heavy atom. The number of anilines is 1. The van der Waals surface area contributed by atoms with Gasteiger partial charge in [0.15, 0.2) is 11.5 Å². The van der Waals surface area contributed by atoms with Crippen LogP contribution in [0.15, 0.2) is 60.0 Å². The molecule has 198 valence electrons. The quantitative estimate of drug-likeness (QED) is 0.324. The van der Waals surface area contributed by atoms with E-state index in [1.807, 2.05) is 85.6 Å². The highest BCUT2D eigenvalue weighted by atomic mass is 32.1. The van der Waals surface area contributed by atoms with E-state index in [1.54, 1.807) is 30.5 Å². The van der Waals surface area contributed by atoms with Crippen molar-refractivity contribution in [2.75, 3.05) is 39.2 Å². The largest absolute Gasteiger partial charge is 0.493 e. The Hall–Kier alpha value is -3.52. The van der Waals surface area contributed by atoms with Crippen molar-refractivity contribution in [2.24, 2.45) is 5.92 Å². The molecule has 1 aromatic heterocycles. The first-order chi connectivity index (χ1) is 17.8. The van der Waals surface area contributed by atoms with E-state index in [2.05, 4.69) is 5.32 Å². The van der Waals surface area contributed by atoms with Gasteiger partial charge >= 0.3 is 6.03 Å². The summed E-state index contributed by atoms with van der Waals surface area (Å²) in [4.78, 5) is 31.3. The summed E-state index contributed by atoms with van der Waals surface area (Å²) in [6, 6.07) is 17.2. The first-order valence-corrected chi connectivity index (χ1v) is 13.3. The standard InChI is InChI=1S/C29H37N3O4S/c1-21(2)18-32(29(34)30-25-11-7-6-9-22(25)3)20-28(33)31(19-24-10-8-16-37-24)15-14-23-12-13-26(35-4)27(17-23)36-5/h6-13,16-17,21H,14-15,18-20H2,1-5H3,(H,30,34). The van der Waals surface area contributed by atoms with Crippen LogP contribution in [-0.2, 0) is 17.8 Å². The summed E-state index contributed by atoms with van der Waals surface area (Å²) in [6.45, 7) is 7.53. The third-order valence-electron chi connectivity index (χ3n) is 5.98. The average Bonchev–Trinajstić information content (AvgIpc) is 3.40. The molecular formula is C29H37N3O4S. The number of methoxy groups -OCH3 is 2. The predicted molar refractivity (Wildman–Crippen MR) is 150 cm³/mol. The molecule has 0 aliphatic carbocycles. The SMILES string of the molecule is COc1ccc(CCN(Cc2cccs2)C(=O)CN(CC(C)C)C(=O)Nc2ccccc2C)cc1OC. The van der Waals surface area contributed by atoms with E-state index in [4.69, 9.17) is 9.47 Å². The summed E-state index contributed by atoms with van der Waals surface area (Å²) < 4.78 is 10.8. The van der Waals surface area contributed by atoms with Crippen molar-refractivity contribution in [2.45, 2.75) is 33.7 Å². The predicted octanol–water partition coefficient (Wildman–Crippen LogP) is 5.84. The number of nitrogens with zero attached hydrogens (tertiary/aromatic N) is 2. The van der Waals surface area contributed by atoms with Crippen LogP contribution in [0.3, 0.4) is 0 Å². The number of urea groups is 1. The summed E-state index contributed by atoms with van der Waals surface area (Å²) >= 11 is 1.62. The minimum Gasteiger partial charge on any atom is -0.493 e. The summed E-state index contributed by atoms with van der Waals surface area (Å²) in [7, 11) is 3.22. The minimum absolute atomic E-state index is 0.00715. The number of thiophene rings is 1. The molecule has 0 fully saturated rings. The van der Waals surface area contributed by atoms with Crippen LogP contribution < -0.4 is 14.8 Å². The molecule has 0 saturated carbocycles. The van der Waals surface area contributed by atoms with Crippen molar-refractivity contribution in [1.29, 1.82) is 0 Å². The van der Waals surface area contributed by atoms with Gasteiger partial charge in [0, 0.05) is 23.7 Å². The molecule has 0 bridgehead atoms. The number of aryl methyl sites for hydroxylation is 1. The number of rotatable bonds is 12. The van der Waals surface area contributed by atoms with Crippen LogP contribution in [0.4, 0.5) is 10.5 Å². The second-order valence-electron chi connectivity index (χ2n) is 9.35. The van der Waals surface area contributed by atoms with Crippen LogP contribution in [0.25, 0.3) is 0 Å². The number of hydrogen-bond acceptors (Lipinski definition) is 5. The Bertz CT molecular complexity index is 1160. The van der Waals surface area contributed by atoms with E-state index in [0.29, 0.717) is 37.6 Å². The summed E-state index contributed by atoms with van der Waals surface area (Å²) in [5.74, 6) is 1.45. The first kappa shape index (κ1) is 28.1. The Kier molecular flexibility index (Phi) is 10.4. The van der Waals surface area contributed by atoms with Crippen LogP contribution in [0, 0.1) is 12.8 Å². The molecule has 0 unspecified atom stereocenters. The maximum absolute atomic E-state index is 13.6. The van der Waals surface area contributed by atoms with Gasteiger partial charge in [-0.25, -0.2) is 4.79 Å². The zero-order chi connectivity index (χ0) is 26.8. The van der Waals surface area contributed by atoms with E-state index >= 15 is 0 Å². The molecule has 8 heteroatoms. The normalized spacial score (nSPS) is 10.8. The van der Waals surface area contributed by atoms with Gasteiger partial charge < -0.3 is 24.6 Å². The first-order valence-electron chi connectivity index (χ1n) is 12.4. The molecule has 3 rings (SSSR count). The number of hydrogen-bond donors (Lipinski definition) is 1. The van der Waals surface area contributed by atoms with E-state index in [-0.39, 0.29) is 24.4 Å². The molecule has 0 spiro atoms. The van der Waals surface area contributed by atoms with Crippen molar-refractivity contribution in [3.8, 4) is 11.5 Å². The molecule has 0 radical (unpaired) electrons. The van der Waals surface area contributed by atoms with Crippen LogP contribution in [0.2, 0.25) is 0 Å². The lowest BCUT2D eigenvalue weighted by atomic mass is 10.1. The topological polar surface area (TPSA) is 71.1 Å². The molecule has 37 heavy (non-hydrogen) atoms. The van der Waals surface area contributed by atoms with Gasteiger partial charge in [0.25, 0.3) is 0 Å². The molecule has 0 aliphatic rings. The van der Waals surface area contributed by atoms with Crippen molar-refractivity contribution < 1.29 is 19.1 Å². The summed E-state index contributed by atoms with van der Waals surface area (Å²) in [5, 5.41) is 4.99. The van der Waals surface area contributed by atoms with E-state index in [0.717, 1.165) is 21.7 Å². The van der Waals surface area contributed by atoms with Crippen LogP contribution >= 0.6 is 11.3 Å². The average molecular weight is 524 g/mol. The molecule has 0 atom stereocenters. The molecule has 1 N–H and O–H groups in total. The van der Waals surface area contributed by atoms with E-state index in [9.17, 15) is 9.59 Å². The Morgan fingerprint density at radius 2 is 1.73 bits per heavy atom. The molecule has 3 aromatic rings. The third-order valence-corrected chi connectivity index (χ3v) is 6.84. The second kappa shape index (κ2) is 13.7. The number of benzene rings is 2. The molecule has 1 heterocycles. The van der Waals surface area contributed by atoms with Crippen molar-refractivity contribution in [3.63, 3.8) is 0 Å². The summed E-state index contributed by atoms with van der Waals surface area (Å²) in [6.07, 6.45) is 0.650. The lowest BCUT2D eigenvalue weighted by molar-refractivity contribution is -0.132. The molecule has 0 aliphatic heterocycles. The fourth-order valence-corrected chi connectivity index (χ4v) is 4.73. The highest BCUT2D eigenvalue weighted by Gasteiger charge is 2.23.